The first-order valence-corrected chi connectivity index (χ1v) is 7.32. The van der Waals surface area contributed by atoms with E-state index in [4.69, 9.17) is 14.6 Å². The minimum absolute atomic E-state index is 0.00199. The molecule has 0 unspecified atom stereocenters. The first-order valence-electron chi connectivity index (χ1n) is 7.32. The van der Waals surface area contributed by atoms with E-state index in [9.17, 15) is 9.59 Å². The summed E-state index contributed by atoms with van der Waals surface area (Å²) in [7, 11) is 3.30. The van der Waals surface area contributed by atoms with E-state index in [0.29, 0.717) is 19.5 Å². The van der Waals surface area contributed by atoms with E-state index in [1.807, 2.05) is 0 Å². The molecule has 1 heterocycles. The van der Waals surface area contributed by atoms with Gasteiger partial charge < -0.3 is 19.5 Å². The van der Waals surface area contributed by atoms with Gasteiger partial charge >= 0.3 is 5.97 Å². The van der Waals surface area contributed by atoms with Gasteiger partial charge in [-0.1, -0.05) is 5.57 Å². The monoisotopic (exact) mass is 297 g/mol. The van der Waals surface area contributed by atoms with Gasteiger partial charge in [0.25, 0.3) is 0 Å². The summed E-state index contributed by atoms with van der Waals surface area (Å²) in [5, 5.41) is 8.64. The molecule has 6 nitrogen and oxygen atoms in total. The van der Waals surface area contributed by atoms with E-state index < -0.39 is 5.97 Å². The third-order valence-electron chi connectivity index (χ3n) is 4.19. The Labute approximate surface area is 124 Å². The highest BCUT2D eigenvalue weighted by Gasteiger charge is 2.38. The molecule has 1 N–H and O–H groups in total. The van der Waals surface area contributed by atoms with E-state index in [-0.39, 0.29) is 31.0 Å². The Bertz CT molecular complexity index is 445. The van der Waals surface area contributed by atoms with Crippen molar-refractivity contribution in [1.29, 1.82) is 0 Å². The number of ether oxygens (including phenoxy) is 2. The second-order valence-electron chi connectivity index (χ2n) is 5.57. The van der Waals surface area contributed by atoms with Crippen LogP contribution in [0.1, 0.15) is 32.1 Å². The summed E-state index contributed by atoms with van der Waals surface area (Å²) in [4.78, 5) is 24.5. The fourth-order valence-electron chi connectivity index (χ4n) is 2.90. The van der Waals surface area contributed by atoms with Crippen molar-refractivity contribution in [3.8, 4) is 0 Å². The zero-order valence-electron chi connectivity index (χ0n) is 12.6. The highest BCUT2D eigenvalue weighted by atomic mass is 16.5. The molecule has 2 aliphatic rings. The molecule has 0 spiro atoms. The molecule has 6 heteroatoms. The lowest BCUT2D eigenvalue weighted by Crippen LogP contribution is -2.44. The molecule has 0 aromatic rings. The fraction of sp³-hybridized carbons (Fsp3) is 0.733. The van der Waals surface area contributed by atoms with Crippen molar-refractivity contribution in [1.82, 2.24) is 4.90 Å². The van der Waals surface area contributed by atoms with Crippen molar-refractivity contribution < 1.29 is 24.2 Å². The van der Waals surface area contributed by atoms with Gasteiger partial charge in [-0.15, -0.1) is 0 Å². The Morgan fingerprint density at radius 2 is 2.05 bits per heavy atom. The number of amides is 1. The number of nitrogens with zero attached hydrogens (tertiary/aromatic N) is 1. The van der Waals surface area contributed by atoms with Crippen LogP contribution in [0.15, 0.2) is 11.1 Å². The predicted molar refractivity (Wildman–Crippen MR) is 75.9 cm³/mol. The average Bonchev–Trinajstić information content (AvgIpc) is 3.17. The fourth-order valence-corrected chi connectivity index (χ4v) is 2.90. The van der Waals surface area contributed by atoms with Gasteiger partial charge in [-0.3, -0.25) is 9.59 Å². The molecule has 2 atom stereocenters. The summed E-state index contributed by atoms with van der Waals surface area (Å²) in [6.07, 6.45) is 2.32. The second kappa shape index (κ2) is 7.04. The van der Waals surface area contributed by atoms with Crippen LogP contribution in [0.5, 0.6) is 0 Å². The topological polar surface area (TPSA) is 76.1 Å². The summed E-state index contributed by atoms with van der Waals surface area (Å²) < 4.78 is 11.0. The Balaban J connectivity index is 1.96. The molecule has 118 valence electrons. The zero-order valence-corrected chi connectivity index (χ0v) is 12.6. The molecule has 0 aromatic heterocycles. The third kappa shape index (κ3) is 4.04. The molecule has 0 saturated heterocycles. The van der Waals surface area contributed by atoms with Gasteiger partial charge in [-0.05, 0) is 24.8 Å². The van der Waals surface area contributed by atoms with Gasteiger partial charge in [0.05, 0.1) is 0 Å². The lowest BCUT2D eigenvalue weighted by molar-refractivity contribution is -0.137. The van der Waals surface area contributed by atoms with Gasteiger partial charge in [0.1, 0.15) is 12.2 Å². The van der Waals surface area contributed by atoms with E-state index in [1.165, 1.54) is 11.1 Å². The van der Waals surface area contributed by atoms with Crippen molar-refractivity contribution in [3.63, 3.8) is 0 Å². The molecule has 0 aromatic carbocycles. The van der Waals surface area contributed by atoms with Crippen molar-refractivity contribution in [3.05, 3.63) is 11.1 Å². The van der Waals surface area contributed by atoms with Crippen LogP contribution in [0, 0.1) is 0 Å². The number of aliphatic carboxylic acids is 1. The average molecular weight is 297 g/mol. The molecule has 1 aliphatic carbocycles. The van der Waals surface area contributed by atoms with Crippen molar-refractivity contribution in [2.75, 3.05) is 27.3 Å². The van der Waals surface area contributed by atoms with E-state index >= 15 is 0 Å². The van der Waals surface area contributed by atoms with Crippen LogP contribution in [0.25, 0.3) is 0 Å². The van der Waals surface area contributed by atoms with Crippen LogP contribution < -0.4 is 0 Å². The summed E-state index contributed by atoms with van der Waals surface area (Å²) in [6, 6.07) is 0. The molecule has 21 heavy (non-hydrogen) atoms. The minimum atomic E-state index is -0.863. The largest absolute Gasteiger partial charge is 0.481 e. The SMILES string of the molecule is CO[C@H]1CN(C(=O)CCCC(=O)O)CCC2=C(C2)[C@@H]1OC. The highest BCUT2D eigenvalue weighted by molar-refractivity contribution is 5.77. The number of carboxylic acid groups (broad SMARTS) is 1. The van der Waals surface area contributed by atoms with Crippen LogP contribution in [-0.2, 0) is 19.1 Å². The van der Waals surface area contributed by atoms with E-state index in [2.05, 4.69) is 0 Å². The van der Waals surface area contributed by atoms with Crippen molar-refractivity contribution >= 4 is 11.9 Å². The second-order valence-corrected chi connectivity index (χ2v) is 5.57. The maximum absolute atomic E-state index is 12.2. The van der Waals surface area contributed by atoms with E-state index in [1.54, 1.807) is 19.1 Å². The smallest absolute Gasteiger partial charge is 0.303 e. The van der Waals surface area contributed by atoms with Crippen LogP contribution >= 0.6 is 0 Å². The Morgan fingerprint density at radius 3 is 2.67 bits per heavy atom. The third-order valence-corrected chi connectivity index (χ3v) is 4.19. The number of carbonyl (C=O) groups is 2. The van der Waals surface area contributed by atoms with Crippen LogP contribution in [0.4, 0.5) is 0 Å². The molecule has 0 bridgehead atoms. The Morgan fingerprint density at radius 1 is 1.29 bits per heavy atom. The number of carboxylic acids is 1. The maximum atomic E-state index is 12.2. The summed E-state index contributed by atoms with van der Waals surface area (Å²) in [5.74, 6) is -0.865. The standard InChI is InChI=1S/C15H23NO5/c1-20-12-9-16(13(17)4-3-5-14(18)19)7-6-10-8-11(10)15(12)21-2/h12,15H,3-9H2,1-2H3,(H,18,19)/t12-,15-/m0/s1. The summed E-state index contributed by atoms with van der Waals surface area (Å²) in [5.41, 5.74) is 2.69. The van der Waals surface area contributed by atoms with Crippen molar-refractivity contribution in [2.24, 2.45) is 0 Å². The number of hydrogen-bond acceptors (Lipinski definition) is 4. The van der Waals surface area contributed by atoms with Crippen LogP contribution in [0.3, 0.4) is 0 Å². The van der Waals surface area contributed by atoms with Crippen LogP contribution in [-0.4, -0.2) is 61.4 Å². The Hall–Kier alpha value is -1.40. The normalized spacial score (nSPS) is 25.1. The lowest BCUT2D eigenvalue weighted by atomic mass is 10.1. The summed E-state index contributed by atoms with van der Waals surface area (Å²) >= 11 is 0. The molecule has 2 rings (SSSR count). The number of hydrogen-bond donors (Lipinski definition) is 1. The van der Waals surface area contributed by atoms with Crippen molar-refractivity contribution in [2.45, 2.75) is 44.3 Å². The van der Waals surface area contributed by atoms with Crippen LogP contribution in [0.2, 0.25) is 0 Å². The molecular weight excluding hydrogens is 274 g/mol. The van der Waals surface area contributed by atoms with Gasteiger partial charge in [-0.25, -0.2) is 0 Å². The number of methoxy groups -OCH3 is 2. The number of rotatable bonds is 6. The molecule has 0 saturated carbocycles. The first kappa shape index (κ1) is 16.0. The van der Waals surface area contributed by atoms with Gasteiger partial charge in [0, 0.05) is 40.2 Å². The maximum Gasteiger partial charge on any atom is 0.303 e. The molecule has 0 fully saturated rings. The zero-order chi connectivity index (χ0) is 15.4. The van der Waals surface area contributed by atoms with E-state index in [0.717, 1.165) is 12.8 Å². The van der Waals surface area contributed by atoms with Gasteiger partial charge in [-0.2, -0.15) is 0 Å². The van der Waals surface area contributed by atoms with Gasteiger partial charge in [0.15, 0.2) is 0 Å². The van der Waals surface area contributed by atoms with Gasteiger partial charge in [0.2, 0.25) is 5.91 Å². The minimum Gasteiger partial charge on any atom is -0.481 e. The predicted octanol–water partition coefficient (Wildman–Crippen LogP) is 1.20. The highest BCUT2D eigenvalue weighted by Crippen LogP contribution is 2.40. The first-order chi connectivity index (χ1) is 10.1. The lowest BCUT2D eigenvalue weighted by Gasteiger charge is -2.31. The summed E-state index contributed by atoms with van der Waals surface area (Å²) in [6.45, 7) is 1.18. The Kier molecular flexibility index (Phi) is 5.36. The molecule has 1 aliphatic heterocycles. The molecular formula is C15H23NO5. The molecule has 1 amide bonds. The quantitative estimate of drug-likeness (QED) is 0.746. The molecule has 0 radical (unpaired) electrons. The number of carbonyl (C=O) groups excluding carboxylic acids is 1.